The largest absolute Gasteiger partial charge is 0.354 e. The Hall–Kier alpha value is -0.810. The van der Waals surface area contributed by atoms with Gasteiger partial charge in [-0.1, -0.05) is 43.2 Å². The summed E-state index contributed by atoms with van der Waals surface area (Å²) in [4.78, 5) is 11.9. The molecule has 0 bridgehead atoms. The zero-order valence-electron chi connectivity index (χ0n) is 14.6. The fraction of sp³-hybridized carbons (Fsp3) is 0.611. The van der Waals surface area contributed by atoms with Crippen LogP contribution >= 0.6 is 24.8 Å². The minimum atomic E-state index is -0.0873. The minimum absolute atomic E-state index is 0. The van der Waals surface area contributed by atoms with Gasteiger partial charge in [-0.25, -0.2) is 0 Å². The van der Waals surface area contributed by atoms with Crippen LogP contribution in [0.25, 0.3) is 0 Å². The zero-order valence-corrected chi connectivity index (χ0v) is 16.2. The van der Waals surface area contributed by atoms with Gasteiger partial charge in [-0.3, -0.25) is 4.79 Å². The first-order valence-electron chi connectivity index (χ1n) is 8.36. The molecule has 4 nitrogen and oxygen atoms in total. The molecule has 0 spiro atoms. The molecule has 1 saturated carbocycles. The van der Waals surface area contributed by atoms with E-state index < -0.39 is 0 Å². The van der Waals surface area contributed by atoms with E-state index in [4.69, 9.17) is 5.73 Å². The fourth-order valence-corrected chi connectivity index (χ4v) is 3.34. The van der Waals surface area contributed by atoms with Crippen molar-refractivity contribution in [3.63, 3.8) is 0 Å². The molecule has 2 rings (SSSR count). The summed E-state index contributed by atoms with van der Waals surface area (Å²) in [6.45, 7) is 4.75. The SMILES string of the molecule is CC(N)CC(=O)NCC1(NC(C)c2ccccc2)CCCC1.Cl.Cl. The van der Waals surface area contributed by atoms with Crippen molar-refractivity contribution in [1.29, 1.82) is 0 Å². The number of nitrogens with two attached hydrogens (primary N) is 1. The lowest BCUT2D eigenvalue weighted by Gasteiger charge is -2.34. The highest BCUT2D eigenvalue weighted by Crippen LogP contribution is 2.31. The lowest BCUT2D eigenvalue weighted by Crippen LogP contribution is -2.52. The molecule has 0 aromatic heterocycles. The van der Waals surface area contributed by atoms with Crippen LogP contribution in [0.15, 0.2) is 30.3 Å². The molecule has 138 valence electrons. The molecule has 1 aromatic carbocycles. The first-order valence-corrected chi connectivity index (χ1v) is 8.36. The number of nitrogens with one attached hydrogen (secondary N) is 2. The van der Waals surface area contributed by atoms with Crippen molar-refractivity contribution in [1.82, 2.24) is 10.6 Å². The molecule has 2 atom stereocenters. The number of amides is 1. The quantitative estimate of drug-likeness (QED) is 0.684. The van der Waals surface area contributed by atoms with Crippen LogP contribution in [0.2, 0.25) is 0 Å². The van der Waals surface area contributed by atoms with Crippen molar-refractivity contribution in [3.05, 3.63) is 35.9 Å². The molecule has 6 heteroatoms. The summed E-state index contributed by atoms with van der Waals surface area (Å²) < 4.78 is 0. The maximum absolute atomic E-state index is 11.9. The summed E-state index contributed by atoms with van der Waals surface area (Å²) in [6.07, 6.45) is 5.06. The van der Waals surface area contributed by atoms with E-state index in [9.17, 15) is 4.79 Å². The summed E-state index contributed by atoms with van der Waals surface area (Å²) in [5, 5.41) is 6.84. The molecule has 0 radical (unpaired) electrons. The van der Waals surface area contributed by atoms with Crippen molar-refractivity contribution >= 4 is 30.7 Å². The molecule has 0 aliphatic heterocycles. The topological polar surface area (TPSA) is 67.2 Å². The van der Waals surface area contributed by atoms with Gasteiger partial charge >= 0.3 is 0 Å². The fourth-order valence-electron chi connectivity index (χ4n) is 3.34. The first kappa shape index (κ1) is 23.2. The zero-order chi connectivity index (χ0) is 16.0. The van der Waals surface area contributed by atoms with Gasteiger partial charge in [0.05, 0.1) is 0 Å². The molecule has 1 fully saturated rings. The summed E-state index contributed by atoms with van der Waals surface area (Å²) >= 11 is 0. The Morgan fingerprint density at radius 1 is 1.17 bits per heavy atom. The van der Waals surface area contributed by atoms with E-state index in [-0.39, 0.29) is 48.3 Å². The van der Waals surface area contributed by atoms with Crippen LogP contribution < -0.4 is 16.4 Å². The lowest BCUT2D eigenvalue weighted by atomic mass is 9.94. The molecule has 2 unspecified atom stereocenters. The first-order chi connectivity index (χ1) is 10.5. The van der Waals surface area contributed by atoms with Crippen LogP contribution in [0.1, 0.15) is 57.6 Å². The molecular weight excluding hydrogens is 345 g/mol. The Kier molecular flexibility index (Phi) is 10.6. The van der Waals surface area contributed by atoms with E-state index in [0.29, 0.717) is 13.0 Å². The van der Waals surface area contributed by atoms with Gasteiger partial charge in [0.2, 0.25) is 5.91 Å². The number of rotatable bonds is 7. The standard InChI is InChI=1S/C18H29N3O.2ClH/c1-14(19)12-17(22)20-13-18(10-6-7-11-18)21-15(2)16-8-4-3-5-9-16;;/h3-5,8-9,14-15,21H,6-7,10-13,19H2,1-2H3,(H,20,22);2*1H. The summed E-state index contributed by atoms with van der Waals surface area (Å²) in [5.41, 5.74) is 6.99. The maximum Gasteiger partial charge on any atom is 0.221 e. The average molecular weight is 376 g/mol. The van der Waals surface area contributed by atoms with Crippen molar-refractivity contribution in [2.45, 2.75) is 63.6 Å². The number of halogens is 2. The van der Waals surface area contributed by atoms with E-state index in [1.165, 1.54) is 18.4 Å². The van der Waals surface area contributed by atoms with Crippen LogP contribution in [0.4, 0.5) is 0 Å². The van der Waals surface area contributed by atoms with Gasteiger partial charge in [0.1, 0.15) is 0 Å². The van der Waals surface area contributed by atoms with Crippen LogP contribution in [0.3, 0.4) is 0 Å². The number of carbonyl (C=O) groups is 1. The van der Waals surface area contributed by atoms with Crippen LogP contribution in [0.5, 0.6) is 0 Å². The third-order valence-corrected chi connectivity index (χ3v) is 4.51. The van der Waals surface area contributed by atoms with Crippen molar-refractivity contribution < 1.29 is 4.79 Å². The predicted octanol–water partition coefficient (Wildman–Crippen LogP) is 3.35. The lowest BCUT2D eigenvalue weighted by molar-refractivity contribution is -0.121. The van der Waals surface area contributed by atoms with Gasteiger partial charge in [-0.05, 0) is 32.3 Å². The van der Waals surface area contributed by atoms with Gasteiger partial charge in [0.15, 0.2) is 0 Å². The Morgan fingerprint density at radius 2 is 1.75 bits per heavy atom. The Bertz CT molecular complexity index is 476. The highest BCUT2D eigenvalue weighted by atomic mass is 35.5. The highest BCUT2D eigenvalue weighted by molar-refractivity contribution is 5.85. The Balaban J connectivity index is 0.00000264. The third kappa shape index (κ3) is 6.98. The van der Waals surface area contributed by atoms with Crippen LogP contribution in [0, 0.1) is 0 Å². The number of hydrogen-bond donors (Lipinski definition) is 3. The average Bonchev–Trinajstić information content (AvgIpc) is 2.94. The predicted molar refractivity (Wildman–Crippen MR) is 105 cm³/mol. The van der Waals surface area contributed by atoms with Crippen LogP contribution in [-0.2, 0) is 4.79 Å². The summed E-state index contributed by atoms with van der Waals surface area (Å²) in [5.74, 6) is 0.0513. The van der Waals surface area contributed by atoms with E-state index in [1.807, 2.05) is 13.0 Å². The van der Waals surface area contributed by atoms with Gasteiger partial charge in [-0.15, -0.1) is 24.8 Å². The number of carbonyl (C=O) groups excluding carboxylic acids is 1. The molecular formula is C18H31Cl2N3O. The van der Waals surface area contributed by atoms with Gasteiger partial charge in [0, 0.05) is 30.6 Å². The van der Waals surface area contributed by atoms with E-state index in [1.54, 1.807) is 0 Å². The second-order valence-electron chi connectivity index (χ2n) is 6.72. The molecule has 0 heterocycles. The van der Waals surface area contributed by atoms with Gasteiger partial charge in [-0.2, -0.15) is 0 Å². The molecule has 1 aliphatic rings. The Morgan fingerprint density at radius 3 is 2.29 bits per heavy atom. The van der Waals surface area contributed by atoms with Gasteiger partial charge in [0.25, 0.3) is 0 Å². The smallest absolute Gasteiger partial charge is 0.221 e. The normalized spacial score (nSPS) is 18.0. The number of hydrogen-bond acceptors (Lipinski definition) is 3. The van der Waals surface area contributed by atoms with Gasteiger partial charge < -0.3 is 16.4 Å². The number of benzene rings is 1. The van der Waals surface area contributed by atoms with Crippen molar-refractivity contribution in [2.24, 2.45) is 5.73 Å². The molecule has 24 heavy (non-hydrogen) atoms. The molecule has 0 saturated heterocycles. The van der Waals surface area contributed by atoms with E-state index in [2.05, 4.69) is 41.8 Å². The molecule has 1 aliphatic carbocycles. The summed E-state index contributed by atoms with van der Waals surface area (Å²) in [6, 6.07) is 10.7. The third-order valence-electron chi connectivity index (χ3n) is 4.51. The van der Waals surface area contributed by atoms with E-state index in [0.717, 1.165) is 12.8 Å². The van der Waals surface area contributed by atoms with Crippen molar-refractivity contribution in [2.75, 3.05) is 6.54 Å². The second kappa shape index (κ2) is 10.9. The Labute approximate surface area is 158 Å². The molecule has 1 amide bonds. The second-order valence-corrected chi connectivity index (χ2v) is 6.72. The van der Waals surface area contributed by atoms with Crippen LogP contribution in [-0.4, -0.2) is 24.0 Å². The minimum Gasteiger partial charge on any atom is -0.354 e. The monoisotopic (exact) mass is 375 g/mol. The summed E-state index contributed by atoms with van der Waals surface area (Å²) in [7, 11) is 0. The molecule has 1 aromatic rings. The molecule has 4 N–H and O–H groups in total. The highest BCUT2D eigenvalue weighted by Gasteiger charge is 2.35. The van der Waals surface area contributed by atoms with E-state index >= 15 is 0 Å². The van der Waals surface area contributed by atoms with Crippen molar-refractivity contribution in [3.8, 4) is 0 Å². The maximum atomic E-state index is 11.9.